The van der Waals surface area contributed by atoms with E-state index in [2.05, 4.69) is 10.2 Å². The SMILES string of the molecule is COc1nnc(-c2ccccc2)cc1N(C)C. The van der Waals surface area contributed by atoms with Crippen LogP contribution in [0.15, 0.2) is 36.4 Å². The van der Waals surface area contributed by atoms with Crippen molar-refractivity contribution in [3.63, 3.8) is 0 Å². The van der Waals surface area contributed by atoms with Crippen molar-refractivity contribution in [3.8, 4) is 17.1 Å². The van der Waals surface area contributed by atoms with E-state index in [9.17, 15) is 0 Å². The molecular weight excluding hydrogens is 214 g/mol. The minimum absolute atomic E-state index is 0.537. The van der Waals surface area contributed by atoms with Gasteiger partial charge in [-0.15, -0.1) is 10.2 Å². The molecule has 0 bridgehead atoms. The minimum Gasteiger partial charge on any atom is -0.478 e. The first kappa shape index (κ1) is 11.4. The number of rotatable bonds is 3. The smallest absolute Gasteiger partial charge is 0.257 e. The summed E-state index contributed by atoms with van der Waals surface area (Å²) >= 11 is 0. The van der Waals surface area contributed by atoms with E-state index in [4.69, 9.17) is 4.74 Å². The Morgan fingerprint density at radius 1 is 1.06 bits per heavy atom. The summed E-state index contributed by atoms with van der Waals surface area (Å²) < 4.78 is 5.18. The van der Waals surface area contributed by atoms with Crippen molar-refractivity contribution in [2.45, 2.75) is 0 Å². The van der Waals surface area contributed by atoms with E-state index in [1.165, 1.54) is 0 Å². The Bertz CT molecular complexity index is 497. The van der Waals surface area contributed by atoms with Crippen LogP contribution in [0.4, 0.5) is 5.69 Å². The third kappa shape index (κ3) is 2.36. The van der Waals surface area contributed by atoms with Gasteiger partial charge in [0.05, 0.1) is 12.8 Å². The van der Waals surface area contributed by atoms with Crippen LogP contribution in [0.25, 0.3) is 11.3 Å². The molecule has 0 saturated heterocycles. The van der Waals surface area contributed by atoms with Crippen LogP contribution in [0.2, 0.25) is 0 Å². The molecule has 0 radical (unpaired) electrons. The number of anilines is 1. The van der Waals surface area contributed by atoms with Gasteiger partial charge in [-0.1, -0.05) is 30.3 Å². The molecular formula is C13H15N3O. The van der Waals surface area contributed by atoms with Crippen LogP contribution in [0.5, 0.6) is 5.88 Å². The number of hydrogen-bond acceptors (Lipinski definition) is 4. The topological polar surface area (TPSA) is 38.3 Å². The average molecular weight is 229 g/mol. The lowest BCUT2D eigenvalue weighted by Crippen LogP contribution is -2.11. The molecule has 2 aromatic rings. The number of benzene rings is 1. The van der Waals surface area contributed by atoms with Gasteiger partial charge in [-0.25, -0.2) is 0 Å². The molecule has 0 saturated carbocycles. The lowest BCUT2D eigenvalue weighted by molar-refractivity contribution is 0.393. The Labute approximate surface area is 101 Å². The first-order valence-electron chi connectivity index (χ1n) is 5.37. The molecule has 1 aromatic carbocycles. The van der Waals surface area contributed by atoms with E-state index in [0.717, 1.165) is 16.9 Å². The zero-order valence-electron chi connectivity index (χ0n) is 10.2. The number of methoxy groups -OCH3 is 1. The van der Waals surface area contributed by atoms with Crippen molar-refractivity contribution < 1.29 is 4.74 Å². The quantitative estimate of drug-likeness (QED) is 0.809. The largest absolute Gasteiger partial charge is 0.478 e. The van der Waals surface area contributed by atoms with Crippen molar-refractivity contribution in [1.29, 1.82) is 0 Å². The summed E-state index contributed by atoms with van der Waals surface area (Å²) in [5, 5.41) is 8.24. The third-order valence-electron chi connectivity index (χ3n) is 2.49. The summed E-state index contributed by atoms with van der Waals surface area (Å²) in [5.74, 6) is 0.537. The van der Waals surface area contributed by atoms with E-state index >= 15 is 0 Å². The zero-order chi connectivity index (χ0) is 12.3. The van der Waals surface area contributed by atoms with Crippen LogP contribution in [0, 0.1) is 0 Å². The molecule has 1 heterocycles. The minimum atomic E-state index is 0.537. The highest BCUT2D eigenvalue weighted by Gasteiger charge is 2.10. The van der Waals surface area contributed by atoms with Crippen molar-refractivity contribution in [2.24, 2.45) is 0 Å². The molecule has 0 atom stereocenters. The molecule has 17 heavy (non-hydrogen) atoms. The van der Waals surface area contributed by atoms with Gasteiger partial charge in [-0.3, -0.25) is 0 Å². The van der Waals surface area contributed by atoms with Gasteiger partial charge in [0.15, 0.2) is 0 Å². The van der Waals surface area contributed by atoms with Crippen molar-refractivity contribution in [3.05, 3.63) is 36.4 Å². The zero-order valence-corrected chi connectivity index (χ0v) is 10.2. The molecule has 88 valence electrons. The van der Waals surface area contributed by atoms with Crippen molar-refractivity contribution >= 4 is 5.69 Å². The molecule has 4 heteroatoms. The van der Waals surface area contributed by atoms with Gasteiger partial charge in [0.2, 0.25) is 0 Å². The highest BCUT2D eigenvalue weighted by atomic mass is 16.5. The predicted molar refractivity (Wildman–Crippen MR) is 68.3 cm³/mol. The number of nitrogens with zero attached hydrogens (tertiary/aromatic N) is 3. The molecule has 0 amide bonds. The monoisotopic (exact) mass is 229 g/mol. The first-order valence-corrected chi connectivity index (χ1v) is 5.37. The van der Waals surface area contributed by atoms with Crippen molar-refractivity contribution in [2.75, 3.05) is 26.1 Å². The average Bonchev–Trinajstić information content (AvgIpc) is 2.39. The predicted octanol–water partition coefficient (Wildman–Crippen LogP) is 2.22. The van der Waals surface area contributed by atoms with Crippen LogP contribution < -0.4 is 9.64 Å². The van der Waals surface area contributed by atoms with Crippen molar-refractivity contribution in [1.82, 2.24) is 10.2 Å². The van der Waals surface area contributed by atoms with Gasteiger partial charge in [-0.2, -0.15) is 0 Å². The standard InChI is InChI=1S/C13H15N3O/c1-16(2)12-9-11(14-15-13(12)17-3)10-7-5-4-6-8-10/h4-9H,1-3H3. The molecule has 0 aliphatic carbocycles. The lowest BCUT2D eigenvalue weighted by Gasteiger charge is -2.15. The summed E-state index contributed by atoms with van der Waals surface area (Å²) in [5.41, 5.74) is 2.81. The van der Waals surface area contributed by atoms with Gasteiger partial charge in [0.25, 0.3) is 5.88 Å². The summed E-state index contributed by atoms with van der Waals surface area (Å²) in [6.45, 7) is 0. The van der Waals surface area contributed by atoms with E-state index in [1.807, 2.05) is 55.4 Å². The Morgan fingerprint density at radius 3 is 2.35 bits per heavy atom. The molecule has 2 rings (SSSR count). The van der Waals surface area contributed by atoms with Crippen LogP contribution in [0.1, 0.15) is 0 Å². The highest BCUT2D eigenvalue weighted by molar-refractivity contribution is 5.66. The number of hydrogen-bond donors (Lipinski definition) is 0. The normalized spacial score (nSPS) is 10.1. The molecule has 0 aliphatic rings. The maximum absolute atomic E-state index is 5.18. The van der Waals surface area contributed by atoms with Gasteiger partial charge >= 0.3 is 0 Å². The molecule has 0 fully saturated rings. The van der Waals surface area contributed by atoms with Crippen LogP contribution >= 0.6 is 0 Å². The van der Waals surface area contributed by atoms with E-state index < -0.39 is 0 Å². The summed E-state index contributed by atoms with van der Waals surface area (Å²) in [6, 6.07) is 11.9. The first-order chi connectivity index (χ1) is 8.22. The molecule has 0 N–H and O–H groups in total. The Morgan fingerprint density at radius 2 is 1.76 bits per heavy atom. The highest BCUT2D eigenvalue weighted by Crippen LogP contribution is 2.27. The molecule has 0 spiro atoms. The third-order valence-corrected chi connectivity index (χ3v) is 2.49. The van der Waals surface area contributed by atoms with Gasteiger partial charge < -0.3 is 9.64 Å². The fraction of sp³-hybridized carbons (Fsp3) is 0.231. The summed E-state index contributed by atoms with van der Waals surface area (Å²) in [4.78, 5) is 1.96. The number of aromatic nitrogens is 2. The molecule has 0 unspecified atom stereocenters. The molecule has 0 aliphatic heterocycles. The Balaban J connectivity index is 2.48. The fourth-order valence-electron chi connectivity index (χ4n) is 1.59. The lowest BCUT2D eigenvalue weighted by atomic mass is 10.1. The number of ether oxygens (including phenoxy) is 1. The second-order valence-corrected chi connectivity index (χ2v) is 3.88. The second-order valence-electron chi connectivity index (χ2n) is 3.88. The van der Waals surface area contributed by atoms with Gasteiger partial charge in [-0.05, 0) is 6.07 Å². The summed E-state index contributed by atoms with van der Waals surface area (Å²) in [7, 11) is 5.50. The second kappa shape index (κ2) is 4.82. The maximum Gasteiger partial charge on any atom is 0.257 e. The van der Waals surface area contributed by atoms with Crippen LogP contribution in [-0.2, 0) is 0 Å². The van der Waals surface area contributed by atoms with Crippen LogP contribution in [0.3, 0.4) is 0 Å². The Hall–Kier alpha value is -2.10. The van der Waals surface area contributed by atoms with E-state index in [0.29, 0.717) is 5.88 Å². The van der Waals surface area contributed by atoms with Crippen LogP contribution in [-0.4, -0.2) is 31.4 Å². The van der Waals surface area contributed by atoms with Gasteiger partial charge in [0.1, 0.15) is 5.69 Å². The van der Waals surface area contributed by atoms with Gasteiger partial charge in [0, 0.05) is 19.7 Å². The fourth-order valence-corrected chi connectivity index (χ4v) is 1.59. The Kier molecular flexibility index (Phi) is 3.23. The van der Waals surface area contributed by atoms with E-state index in [1.54, 1.807) is 7.11 Å². The van der Waals surface area contributed by atoms with E-state index in [-0.39, 0.29) is 0 Å². The summed E-state index contributed by atoms with van der Waals surface area (Å²) in [6.07, 6.45) is 0. The molecule has 4 nitrogen and oxygen atoms in total. The molecule has 1 aromatic heterocycles. The maximum atomic E-state index is 5.18.